The van der Waals surface area contributed by atoms with Gasteiger partial charge in [-0.05, 0) is 56.9 Å². The van der Waals surface area contributed by atoms with Gasteiger partial charge >= 0.3 is 18.3 Å². The van der Waals surface area contributed by atoms with Crippen LogP contribution in [0.3, 0.4) is 0 Å². The third-order valence-corrected chi connectivity index (χ3v) is 8.73. The molecule has 1 atom stereocenters. The maximum absolute atomic E-state index is 16.1. The van der Waals surface area contributed by atoms with Crippen LogP contribution >= 0.6 is 0 Å². The summed E-state index contributed by atoms with van der Waals surface area (Å²) in [7, 11) is 0. The number of carbonyl (C=O) groups is 1. The highest BCUT2D eigenvalue weighted by atomic mass is 19.3. The molecule has 2 aliphatic carbocycles. The van der Waals surface area contributed by atoms with Gasteiger partial charge in [0.25, 0.3) is 0 Å². The number of nitrogen functional groups attached to an aromatic ring is 1. The number of pyridine rings is 1. The number of halogens is 4. The van der Waals surface area contributed by atoms with Crippen molar-refractivity contribution in [3.05, 3.63) is 70.4 Å². The highest BCUT2D eigenvalue weighted by Crippen LogP contribution is 2.48. The van der Waals surface area contributed by atoms with Gasteiger partial charge in [-0.15, -0.1) is 0 Å². The lowest BCUT2D eigenvalue weighted by Gasteiger charge is -2.40. The molecule has 7 rings (SSSR count). The molecule has 1 aromatic carbocycles. The molecular formula is C32H30F4N8O3. The molecule has 1 amide bonds. The topological polar surface area (TPSA) is 132 Å². The first-order valence-corrected chi connectivity index (χ1v) is 15.3. The monoisotopic (exact) mass is 650 g/mol. The predicted octanol–water partition coefficient (Wildman–Crippen LogP) is 4.68. The van der Waals surface area contributed by atoms with E-state index in [4.69, 9.17) is 5.73 Å². The van der Waals surface area contributed by atoms with E-state index in [-0.39, 0.29) is 77.2 Å². The Labute approximate surface area is 265 Å². The van der Waals surface area contributed by atoms with E-state index < -0.39 is 35.6 Å². The van der Waals surface area contributed by atoms with Crippen molar-refractivity contribution in [1.82, 2.24) is 29.4 Å². The molecule has 2 N–H and O–H groups in total. The fraction of sp³-hybridized carbons (Fsp3) is 0.375. The molecular weight excluding hydrogens is 620 g/mol. The largest absolute Gasteiger partial charge is 0.401 e. The molecule has 47 heavy (non-hydrogen) atoms. The van der Waals surface area contributed by atoms with Crippen LogP contribution < -0.4 is 21.1 Å². The summed E-state index contributed by atoms with van der Waals surface area (Å²) in [5.74, 6) is -2.20. The Morgan fingerprint density at radius 3 is 2.30 bits per heavy atom. The lowest BCUT2D eigenvalue weighted by atomic mass is 10.1. The van der Waals surface area contributed by atoms with Gasteiger partial charge < -0.3 is 20.3 Å². The maximum atomic E-state index is 16.1. The molecule has 11 nitrogen and oxygen atoms in total. The van der Waals surface area contributed by atoms with Crippen LogP contribution in [-0.2, 0) is 4.79 Å². The molecule has 3 aliphatic rings. The number of piperazine rings is 1. The summed E-state index contributed by atoms with van der Waals surface area (Å²) in [5, 5.41) is 0.132. The summed E-state index contributed by atoms with van der Waals surface area (Å²) in [6.45, 7) is 3.07. The number of ether oxygens (including phenoxy) is 1. The Morgan fingerprint density at radius 2 is 1.72 bits per heavy atom. The Hall–Kier alpha value is -5.08. The highest BCUT2D eigenvalue weighted by Gasteiger charge is 2.39. The number of benzene rings is 1. The van der Waals surface area contributed by atoms with Crippen LogP contribution in [-0.4, -0.2) is 67.6 Å². The van der Waals surface area contributed by atoms with Crippen molar-refractivity contribution in [2.45, 2.75) is 57.1 Å². The van der Waals surface area contributed by atoms with E-state index in [1.54, 1.807) is 9.80 Å². The number of nitrogens with two attached hydrogens (primary N) is 1. The van der Waals surface area contributed by atoms with Crippen LogP contribution in [0.5, 0.6) is 6.01 Å². The van der Waals surface area contributed by atoms with Gasteiger partial charge in [0.05, 0.1) is 28.0 Å². The third-order valence-electron chi connectivity index (χ3n) is 8.73. The lowest BCUT2D eigenvalue weighted by molar-refractivity contribution is -0.126. The molecule has 3 fully saturated rings. The van der Waals surface area contributed by atoms with Crippen LogP contribution in [0, 0.1) is 11.6 Å². The van der Waals surface area contributed by atoms with Crippen molar-refractivity contribution in [3.8, 4) is 23.0 Å². The average Bonchev–Trinajstić information content (AvgIpc) is 3.95. The van der Waals surface area contributed by atoms with Gasteiger partial charge in [0.2, 0.25) is 5.91 Å². The molecule has 15 heteroatoms. The van der Waals surface area contributed by atoms with E-state index >= 15 is 8.78 Å². The van der Waals surface area contributed by atoms with E-state index in [1.807, 2.05) is 6.92 Å². The Morgan fingerprint density at radius 1 is 1.04 bits per heavy atom. The number of hydrogen-bond acceptors (Lipinski definition) is 9. The summed E-state index contributed by atoms with van der Waals surface area (Å²) >= 11 is 0. The highest BCUT2D eigenvalue weighted by molar-refractivity contribution is 5.92. The molecule has 0 unspecified atom stereocenters. The Bertz CT molecular complexity index is 1940. The minimum atomic E-state index is -3.16. The van der Waals surface area contributed by atoms with E-state index in [1.165, 1.54) is 22.8 Å². The van der Waals surface area contributed by atoms with E-state index in [0.717, 1.165) is 12.1 Å². The zero-order valence-corrected chi connectivity index (χ0v) is 25.3. The summed E-state index contributed by atoms with van der Waals surface area (Å²) in [6, 6.07) is 4.20. The van der Waals surface area contributed by atoms with Crippen molar-refractivity contribution in [2.24, 2.45) is 0 Å². The summed E-state index contributed by atoms with van der Waals surface area (Å²) in [4.78, 5) is 47.6. The van der Waals surface area contributed by atoms with E-state index in [9.17, 15) is 18.4 Å². The standard InChI is InChI=1S/C32H30F4N8O3/c1-3-22(45)42-11-12-43(15(2)14-42)28-18-13-20(34)26(23-19(33)5-4-6-21(23)37)38-29(18)44(32(46)41-28)27-24(16-7-8-16)39-31(47-30(35)36)40-25(27)17-9-10-17/h3-6,13,15-17,30H,1,7-12,14,37H2,2H3/t15-/m0/s1. The Kier molecular flexibility index (Phi) is 7.56. The number of hydrogen-bond donors (Lipinski definition) is 1. The smallest absolute Gasteiger partial charge is 0.389 e. The lowest BCUT2D eigenvalue weighted by Crippen LogP contribution is -2.54. The van der Waals surface area contributed by atoms with Crippen molar-refractivity contribution >= 4 is 28.4 Å². The number of nitrogens with zero attached hydrogens (tertiary/aromatic N) is 7. The molecule has 0 radical (unpaired) electrons. The molecule has 3 aromatic heterocycles. The molecule has 2 saturated carbocycles. The second-order valence-electron chi connectivity index (χ2n) is 12.0. The Balaban J connectivity index is 1.51. The number of aromatic nitrogens is 5. The van der Waals surface area contributed by atoms with Gasteiger partial charge in [0.15, 0.2) is 11.5 Å². The molecule has 0 bridgehead atoms. The van der Waals surface area contributed by atoms with Crippen LogP contribution in [0.1, 0.15) is 55.8 Å². The average molecular weight is 651 g/mol. The van der Waals surface area contributed by atoms with Crippen molar-refractivity contribution in [2.75, 3.05) is 30.3 Å². The molecule has 1 saturated heterocycles. The SMILES string of the molecule is C=CC(=O)N1CCN(c2nc(=O)n(-c3c(C4CC4)nc(OC(F)F)nc3C3CC3)c3nc(-c4c(N)cccc4F)c(F)cc23)[C@@H](C)C1. The van der Waals surface area contributed by atoms with Crippen molar-refractivity contribution < 1.29 is 27.1 Å². The first-order valence-electron chi connectivity index (χ1n) is 15.3. The van der Waals surface area contributed by atoms with Crippen molar-refractivity contribution in [1.29, 1.82) is 0 Å². The normalized spacial score (nSPS) is 18.2. The summed E-state index contributed by atoms with van der Waals surface area (Å²) in [6.07, 6.45) is 3.96. The predicted molar refractivity (Wildman–Crippen MR) is 165 cm³/mol. The van der Waals surface area contributed by atoms with Gasteiger partial charge in [0.1, 0.15) is 17.3 Å². The first kappa shape index (κ1) is 30.6. The number of anilines is 2. The van der Waals surface area contributed by atoms with E-state index in [0.29, 0.717) is 37.1 Å². The molecule has 244 valence electrons. The third kappa shape index (κ3) is 5.52. The summed E-state index contributed by atoms with van der Waals surface area (Å²) < 4.78 is 63.6. The first-order chi connectivity index (χ1) is 22.5. The molecule has 0 spiro atoms. The van der Waals surface area contributed by atoms with Gasteiger partial charge in [-0.25, -0.2) is 23.1 Å². The minimum Gasteiger partial charge on any atom is -0.401 e. The van der Waals surface area contributed by atoms with Crippen molar-refractivity contribution in [3.63, 3.8) is 0 Å². The van der Waals surface area contributed by atoms with Crippen LogP contribution in [0.25, 0.3) is 28.0 Å². The van der Waals surface area contributed by atoms with Crippen LogP contribution in [0.4, 0.5) is 29.1 Å². The fourth-order valence-corrected chi connectivity index (χ4v) is 6.21. The fourth-order valence-electron chi connectivity index (χ4n) is 6.21. The van der Waals surface area contributed by atoms with Gasteiger partial charge in [-0.1, -0.05) is 12.6 Å². The maximum Gasteiger partial charge on any atom is 0.389 e. The number of alkyl halides is 2. The molecule has 1 aliphatic heterocycles. The van der Waals surface area contributed by atoms with Crippen LogP contribution in [0.2, 0.25) is 0 Å². The number of carbonyl (C=O) groups excluding carboxylic acids is 1. The second kappa shape index (κ2) is 11.6. The second-order valence-corrected chi connectivity index (χ2v) is 12.0. The van der Waals surface area contributed by atoms with E-state index in [2.05, 4.69) is 31.3 Å². The van der Waals surface area contributed by atoms with Gasteiger partial charge in [-0.3, -0.25) is 4.79 Å². The zero-order valence-electron chi connectivity index (χ0n) is 25.3. The van der Waals surface area contributed by atoms with Gasteiger partial charge in [0, 0.05) is 43.2 Å². The number of fused-ring (bicyclic) bond motifs is 1. The molecule has 4 aromatic rings. The van der Waals surface area contributed by atoms with Gasteiger partial charge in [-0.2, -0.15) is 23.7 Å². The zero-order chi connectivity index (χ0) is 33.1. The number of amides is 1. The quantitative estimate of drug-likeness (QED) is 0.164. The van der Waals surface area contributed by atoms with Crippen LogP contribution in [0.15, 0.2) is 41.7 Å². The number of rotatable bonds is 8. The minimum absolute atomic E-state index is 0.0641. The summed E-state index contributed by atoms with van der Waals surface area (Å²) in [5.41, 5.74) is 5.32. The molecule has 4 heterocycles.